The van der Waals surface area contributed by atoms with Crippen molar-refractivity contribution in [1.29, 1.82) is 0 Å². The molecule has 1 amide bonds. The van der Waals surface area contributed by atoms with Gasteiger partial charge in [-0.1, -0.05) is 0 Å². The maximum atomic E-state index is 11.8. The lowest BCUT2D eigenvalue weighted by Crippen LogP contribution is -2.30. The summed E-state index contributed by atoms with van der Waals surface area (Å²) in [5, 5.41) is 16.6. The Kier molecular flexibility index (Phi) is 3.88. The van der Waals surface area contributed by atoms with Crippen LogP contribution in [0, 0.1) is 16.0 Å². The van der Waals surface area contributed by atoms with Gasteiger partial charge in [0, 0.05) is 24.2 Å². The number of nitro groups is 1. The van der Waals surface area contributed by atoms with E-state index in [0.717, 1.165) is 19.5 Å². The molecule has 1 heterocycles. The van der Waals surface area contributed by atoms with Gasteiger partial charge >= 0.3 is 0 Å². The summed E-state index contributed by atoms with van der Waals surface area (Å²) in [6, 6.07) is 5.62. The summed E-state index contributed by atoms with van der Waals surface area (Å²) in [5.74, 6) is 0.295. The molecule has 0 aliphatic carbocycles. The minimum Gasteiger partial charge on any atom is -0.352 e. The van der Waals surface area contributed by atoms with Crippen LogP contribution in [-0.4, -0.2) is 30.5 Å². The summed E-state index contributed by atoms with van der Waals surface area (Å²) < 4.78 is 0. The Bertz CT molecular complexity index is 438. The number of non-ortho nitro benzene ring substituents is 1. The maximum Gasteiger partial charge on any atom is 0.269 e. The van der Waals surface area contributed by atoms with Gasteiger partial charge in [0.1, 0.15) is 0 Å². The second-order valence-corrected chi connectivity index (χ2v) is 4.37. The third-order valence-corrected chi connectivity index (χ3v) is 3.05. The fraction of sp³-hybridized carbons (Fsp3) is 0.417. The second kappa shape index (κ2) is 5.59. The van der Waals surface area contributed by atoms with Crippen LogP contribution in [0.25, 0.3) is 0 Å². The van der Waals surface area contributed by atoms with E-state index in [9.17, 15) is 14.9 Å². The van der Waals surface area contributed by atoms with Crippen molar-refractivity contribution in [1.82, 2.24) is 10.6 Å². The van der Waals surface area contributed by atoms with Crippen LogP contribution in [0.4, 0.5) is 5.69 Å². The molecule has 0 bridgehead atoms. The third kappa shape index (κ3) is 3.04. The number of hydrogen-bond donors (Lipinski definition) is 2. The number of rotatable bonds is 4. The van der Waals surface area contributed by atoms with Gasteiger partial charge in [-0.05, 0) is 37.6 Å². The molecule has 96 valence electrons. The summed E-state index contributed by atoms with van der Waals surface area (Å²) >= 11 is 0. The molecule has 0 spiro atoms. The van der Waals surface area contributed by atoms with Crippen molar-refractivity contribution in [2.75, 3.05) is 19.6 Å². The number of carbonyl (C=O) groups excluding carboxylic acids is 1. The molecular formula is C12H15N3O3. The molecular weight excluding hydrogens is 234 g/mol. The zero-order valence-electron chi connectivity index (χ0n) is 9.89. The van der Waals surface area contributed by atoms with Gasteiger partial charge in [-0.2, -0.15) is 0 Å². The van der Waals surface area contributed by atoms with Crippen molar-refractivity contribution in [3.8, 4) is 0 Å². The molecule has 2 rings (SSSR count). The molecule has 1 aliphatic rings. The van der Waals surface area contributed by atoms with E-state index in [-0.39, 0.29) is 11.6 Å². The number of nitro benzene ring substituents is 1. The first-order valence-corrected chi connectivity index (χ1v) is 5.90. The minimum absolute atomic E-state index is 0.00783. The molecule has 1 atom stereocenters. The van der Waals surface area contributed by atoms with E-state index in [4.69, 9.17) is 0 Å². The average molecular weight is 249 g/mol. The molecule has 1 aromatic rings. The summed E-state index contributed by atoms with van der Waals surface area (Å²) in [7, 11) is 0. The van der Waals surface area contributed by atoms with Crippen LogP contribution in [0.15, 0.2) is 24.3 Å². The SMILES string of the molecule is O=C(NCC1CCNC1)c1ccc([N+](=O)[O-])cc1. The van der Waals surface area contributed by atoms with E-state index < -0.39 is 4.92 Å². The highest BCUT2D eigenvalue weighted by Crippen LogP contribution is 2.12. The van der Waals surface area contributed by atoms with E-state index in [0.29, 0.717) is 18.0 Å². The molecule has 0 saturated carbocycles. The van der Waals surface area contributed by atoms with E-state index in [1.165, 1.54) is 24.3 Å². The Morgan fingerprint density at radius 1 is 1.44 bits per heavy atom. The Morgan fingerprint density at radius 2 is 2.17 bits per heavy atom. The normalized spacial score (nSPS) is 18.6. The van der Waals surface area contributed by atoms with Gasteiger partial charge in [-0.25, -0.2) is 0 Å². The molecule has 6 nitrogen and oxygen atoms in total. The van der Waals surface area contributed by atoms with Crippen LogP contribution < -0.4 is 10.6 Å². The smallest absolute Gasteiger partial charge is 0.269 e. The van der Waals surface area contributed by atoms with Gasteiger partial charge in [0.05, 0.1) is 4.92 Å². The number of nitrogens with zero attached hydrogens (tertiary/aromatic N) is 1. The number of hydrogen-bond acceptors (Lipinski definition) is 4. The quantitative estimate of drug-likeness (QED) is 0.614. The Balaban J connectivity index is 1.89. The molecule has 1 fully saturated rings. The van der Waals surface area contributed by atoms with Crippen molar-refractivity contribution in [3.05, 3.63) is 39.9 Å². The third-order valence-electron chi connectivity index (χ3n) is 3.05. The zero-order chi connectivity index (χ0) is 13.0. The summed E-state index contributed by atoms with van der Waals surface area (Å²) in [6.45, 7) is 2.57. The predicted molar refractivity (Wildman–Crippen MR) is 66.4 cm³/mol. The number of nitrogens with one attached hydrogen (secondary N) is 2. The lowest BCUT2D eigenvalue weighted by Gasteiger charge is -2.09. The molecule has 2 N–H and O–H groups in total. The van der Waals surface area contributed by atoms with Crippen molar-refractivity contribution in [2.24, 2.45) is 5.92 Å². The van der Waals surface area contributed by atoms with Crippen LogP contribution in [-0.2, 0) is 0 Å². The van der Waals surface area contributed by atoms with Crippen LogP contribution in [0.2, 0.25) is 0 Å². The van der Waals surface area contributed by atoms with E-state index >= 15 is 0 Å². The molecule has 1 saturated heterocycles. The fourth-order valence-electron chi connectivity index (χ4n) is 1.96. The van der Waals surface area contributed by atoms with Gasteiger partial charge in [0.25, 0.3) is 11.6 Å². The van der Waals surface area contributed by atoms with E-state index in [1.54, 1.807) is 0 Å². The van der Waals surface area contributed by atoms with Crippen LogP contribution in [0.3, 0.4) is 0 Å². The highest BCUT2D eigenvalue weighted by Gasteiger charge is 2.16. The van der Waals surface area contributed by atoms with Gasteiger partial charge in [-0.15, -0.1) is 0 Å². The van der Waals surface area contributed by atoms with E-state index in [1.807, 2.05) is 0 Å². The van der Waals surface area contributed by atoms with Gasteiger partial charge in [-0.3, -0.25) is 14.9 Å². The Labute approximate surface area is 105 Å². The molecule has 18 heavy (non-hydrogen) atoms. The van der Waals surface area contributed by atoms with Gasteiger partial charge < -0.3 is 10.6 Å². The van der Waals surface area contributed by atoms with Gasteiger partial charge in [0.15, 0.2) is 0 Å². The average Bonchev–Trinajstić information content (AvgIpc) is 2.89. The standard InChI is InChI=1S/C12H15N3O3/c16-12(14-8-9-5-6-13-7-9)10-1-3-11(4-2-10)15(17)18/h1-4,9,13H,5-8H2,(H,14,16). The summed E-state index contributed by atoms with van der Waals surface area (Å²) in [4.78, 5) is 21.8. The summed E-state index contributed by atoms with van der Waals surface area (Å²) in [6.07, 6.45) is 1.07. The molecule has 6 heteroatoms. The number of benzene rings is 1. The molecule has 0 radical (unpaired) electrons. The molecule has 1 aliphatic heterocycles. The summed E-state index contributed by atoms with van der Waals surface area (Å²) in [5.41, 5.74) is 0.443. The lowest BCUT2D eigenvalue weighted by atomic mass is 10.1. The van der Waals surface area contributed by atoms with Crippen molar-refractivity contribution in [3.63, 3.8) is 0 Å². The first-order valence-electron chi connectivity index (χ1n) is 5.90. The van der Waals surface area contributed by atoms with E-state index in [2.05, 4.69) is 10.6 Å². The first kappa shape index (κ1) is 12.5. The Hall–Kier alpha value is -1.95. The van der Waals surface area contributed by atoms with Crippen LogP contribution in [0.1, 0.15) is 16.8 Å². The fourth-order valence-corrected chi connectivity index (χ4v) is 1.96. The first-order chi connectivity index (χ1) is 8.66. The largest absolute Gasteiger partial charge is 0.352 e. The predicted octanol–water partition coefficient (Wildman–Crippen LogP) is 0.934. The zero-order valence-corrected chi connectivity index (χ0v) is 9.89. The Morgan fingerprint density at radius 3 is 2.72 bits per heavy atom. The lowest BCUT2D eigenvalue weighted by molar-refractivity contribution is -0.384. The maximum absolute atomic E-state index is 11.8. The van der Waals surface area contributed by atoms with Crippen molar-refractivity contribution in [2.45, 2.75) is 6.42 Å². The second-order valence-electron chi connectivity index (χ2n) is 4.37. The van der Waals surface area contributed by atoms with Gasteiger partial charge in [0.2, 0.25) is 0 Å². The minimum atomic E-state index is -0.480. The molecule has 0 aromatic heterocycles. The van der Waals surface area contributed by atoms with Crippen molar-refractivity contribution < 1.29 is 9.72 Å². The molecule has 1 unspecified atom stereocenters. The monoisotopic (exact) mass is 249 g/mol. The van der Waals surface area contributed by atoms with Crippen LogP contribution >= 0.6 is 0 Å². The molecule has 1 aromatic carbocycles. The highest BCUT2D eigenvalue weighted by molar-refractivity contribution is 5.94. The van der Waals surface area contributed by atoms with Crippen LogP contribution in [0.5, 0.6) is 0 Å². The van der Waals surface area contributed by atoms with Crippen molar-refractivity contribution >= 4 is 11.6 Å². The number of amides is 1. The number of carbonyl (C=O) groups is 1. The topological polar surface area (TPSA) is 84.3 Å². The highest BCUT2D eigenvalue weighted by atomic mass is 16.6.